The van der Waals surface area contributed by atoms with Crippen molar-refractivity contribution in [2.75, 3.05) is 24.5 Å². The van der Waals surface area contributed by atoms with Gasteiger partial charge in [-0.3, -0.25) is 39.1 Å². The van der Waals surface area contributed by atoms with E-state index in [2.05, 4.69) is 60.3 Å². The van der Waals surface area contributed by atoms with Crippen molar-refractivity contribution in [2.45, 2.75) is 84.7 Å². The number of anilines is 1. The van der Waals surface area contributed by atoms with Crippen LogP contribution >= 0.6 is 11.6 Å². The van der Waals surface area contributed by atoms with Crippen molar-refractivity contribution in [3.05, 3.63) is 93.0 Å². The maximum Gasteiger partial charge on any atom is 0.262 e. The summed E-state index contributed by atoms with van der Waals surface area (Å²) in [6, 6.07) is 19.6. The fraction of sp³-hybridized carbons (Fsp3) is 0.432. The van der Waals surface area contributed by atoms with Crippen molar-refractivity contribution in [3.8, 4) is 17.9 Å². The smallest absolute Gasteiger partial charge is 0.262 e. The SMILES string of the molecule is CC1(C)C(NC(=O)c2ccc(N3CCC(C#N)(CN4Cc5cc6c(cc5C4)C(=O)N(C4CCC(=O)NC4=O)C6=O)CC3)cc2)C(C)(C)C1Oc1ccc(C#N)c(Cl)c1. The summed E-state index contributed by atoms with van der Waals surface area (Å²) in [5.74, 6) is -1.69. The van der Waals surface area contributed by atoms with Gasteiger partial charge in [0.15, 0.2) is 0 Å². The molecule has 0 aromatic heterocycles. The molecule has 298 valence electrons. The first-order chi connectivity index (χ1) is 27.5. The molecule has 0 bridgehead atoms. The number of amides is 5. The predicted molar refractivity (Wildman–Crippen MR) is 213 cm³/mol. The van der Waals surface area contributed by atoms with E-state index in [1.165, 1.54) is 0 Å². The van der Waals surface area contributed by atoms with Crippen LogP contribution in [-0.4, -0.2) is 77.2 Å². The molecular formula is C44H44ClN7O6. The summed E-state index contributed by atoms with van der Waals surface area (Å²) in [6.45, 7) is 11.2. The van der Waals surface area contributed by atoms with Gasteiger partial charge in [-0.05, 0) is 78.9 Å². The van der Waals surface area contributed by atoms with Gasteiger partial charge in [-0.1, -0.05) is 39.3 Å². The Morgan fingerprint density at radius 2 is 1.53 bits per heavy atom. The number of hydrogen-bond acceptors (Lipinski definition) is 10. The van der Waals surface area contributed by atoms with Gasteiger partial charge in [0.05, 0.1) is 33.2 Å². The van der Waals surface area contributed by atoms with E-state index in [9.17, 15) is 34.5 Å². The fourth-order valence-electron chi connectivity index (χ4n) is 10.1. The zero-order valence-corrected chi connectivity index (χ0v) is 33.6. The van der Waals surface area contributed by atoms with Crippen LogP contribution < -0.4 is 20.3 Å². The minimum absolute atomic E-state index is 0.0654. The molecule has 1 unspecified atom stereocenters. The van der Waals surface area contributed by atoms with E-state index in [-0.39, 0.29) is 42.0 Å². The highest BCUT2D eigenvalue weighted by Crippen LogP contribution is 2.55. The number of imide groups is 2. The van der Waals surface area contributed by atoms with Gasteiger partial charge in [-0.25, -0.2) is 0 Å². The van der Waals surface area contributed by atoms with Crippen LogP contribution in [0, 0.1) is 38.9 Å². The molecule has 58 heavy (non-hydrogen) atoms. The average molecular weight is 802 g/mol. The third-order valence-corrected chi connectivity index (χ3v) is 13.3. The van der Waals surface area contributed by atoms with Gasteiger partial charge in [-0.2, -0.15) is 10.5 Å². The minimum atomic E-state index is -1.01. The lowest BCUT2D eigenvalue weighted by Crippen LogP contribution is -2.74. The van der Waals surface area contributed by atoms with Gasteiger partial charge < -0.3 is 15.0 Å². The normalized spacial score (nSPS) is 24.2. The van der Waals surface area contributed by atoms with E-state index in [0.717, 1.165) is 21.7 Å². The van der Waals surface area contributed by atoms with Crippen molar-refractivity contribution in [1.82, 2.24) is 20.4 Å². The van der Waals surface area contributed by atoms with Crippen LogP contribution in [-0.2, 0) is 22.7 Å². The number of nitrogens with one attached hydrogen (secondary N) is 2. The summed E-state index contributed by atoms with van der Waals surface area (Å²) < 4.78 is 6.37. The molecule has 0 radical (unpaired) electrons. The van der Waals surface area contributed by atoms with Crippen LogP contribution in [0.15, 0.2) is 54.6 Å². The van der Waals surface area contributed by atoms with Gasteiger partial charge in [0, 0.05) is 73.3 Å². The first kappa shape index (κ1) is 39.1. The molecule has 1 saturated carbocycles. The maximum atomic E-state index is 13.5. The first-order valence-corrected chi connectivity index (χ1v) is 20.0. The lowest BCUT2D eigenvalue weighted by Gasteiger charge is -2.63. The molecule has 4 aliphatic heterocycles. The highest BCUT2D eigenvalue weighted by Gasteiger charge is 2.64. The number of halogens is 1. The molecule has 5 amide bonds. The Hall–Kier alpha value is -5.76. The lowest BCUT2D eigenvalue weighted by atomic mass is 9.49. The summed E-state index contributed by atoms with van der Waals surface area (Å²) >= 11 is 6.25. The summed E-state index contributed by atoms with van der Waals surface area (Å²) in [7, 11) is 0. The average Bonchev–Trinajstić information content (AvgIpc) is 3.70. The minimum Gasteiger partial charge on any atom is -0.489 e. The Labute approximate surface area is 341 Å². The highest BCUT2D eigenvalue weighted by molar-refractivity contribution is 6.31. The van der Waals surface area contributed by atoms with Gasteiger partial charge in [-0.15, -0.1) is 0 Å². The number of carbonyl (C=O) groups is 5. The zero-order valence-electron chi connectivity index (χ0n) is 32.9. The highest BCUT2D eigenvalue weighted by atomic mass is 35.5. The molecule has 4 heterocycles. The molecule has 3 aromatic rings. The van der Waals surface area contributed by atoms with Crippen molar-refractivity contribution >= 4 is 46.8 Å². The van der Waals surface area contributed by atoms with E-state index in [1.54, 1.807) is 30.3 Å². The number of benzene rings is 3. The second kappa shape index (κ2) is 14.3. The molecule has 1 atom stereocenters. The summed E-state index contributed by atoms with van der Waals surface area (Å²) in [6.07, 6.45) is 1.26. The van der Waals surface area contributed by atoms with Crippen molar-refractivity contribution in [1.29, 1.82) is 10.5 Å². The van der Waals surface area contributed by atoms with Gasteiger partial charge in [0.25, 0.3) is 17.7 Å². The number of nitrogens with zero attached hydrogens (tertiary/aromatic N) is 5. The number of nitriles is 2. The van der Waals surface area contributed by atoms with Gasteiger partial charge in [0.1, 0.15) is 24.0 Å². The van der Waals surface area contributed by atoms with E-state index in [1.807, 2.05) is 24.3 Å². The van der Waals surface area contributed by atoms with Gasteiger partial charge in [0.2, 0.25) is 11.8 Å². The number of carbonyl (C=O) groups excluding carboxylic acids is 5. The predicted octanol–water partition coefficient (Wildman–Crippen LogP) is 5.35. The Morgan fingerprint density at radius 1 is 0.914 bits per heavy atom. The molecule has 2 N–H and O–H groups in total. The molecule has 5 aliphatic rings. The number of hydrogen-bond donors (Lipinski definition) is 2. The van der Waals surface area contributed by atoms with E-state index in [0.29, 0.717) is 67.5 Å². The quantitative estimate of drug-likeness (QED) is 0.283. The Kier molecular flexibility index (Phi) is 9.61. The Balaban J connectivity index is 0.854. The Morgan fingerprint density at radius 3 is 2.09 bits per heavy atom. The molecule has 3 fully saturated rings. The number of rotatable bonds is 8. The molecule has 0 spiro atoms. The van der Waals surface area contributed by atoms with Crippen LogP contribution in [0.5, 0.6) is 5.75 Å². The van der Waals surface area contributed by atoms with Crippen molar-refractivity contribution in [2.24, 2.45) is 16.2 Å². The first-order valence-electron chi connectivity index (χ1n) is 19.6. The Bertz CT molecular complexity index is 2290. The maximum absolute atomic E-state index is 13.5. The number of fused-ring (bicyclic) bond motifs is 2. The lowest BCUT2D eigenvalue weighted by molar-refractivity contribution is -0.164. The van der Waals surface area contributed by atoms with E-state index in [4.69, 9.17) is 16.3 Å². The topological polar surface area (TPSA) is 176 Å². The third kappa shape index (κ3) is 6.56. The van der Waals surface area contributed by atoms with Crippen molar-refractivity contribution in [3.63, 3.8) is 0 Å². The standard InChI is InChI=1S/C44H44ClN7O6/c1-42(2)40(43(3,4)41(42)58-30-10-7-26(20-46)33(45)19-30)49-36(54)25-5-8-29(9-6-25)51-15-13-44(23-47,14-16-51)24-50-21-27-17-31-32(18-28(27)22-50)39(57)52(38(31)56)34-11-12-35(53)48-37(34)55/h5-10,17-19,34,40-41H,11-16,21-22,24H2,1-4H3,(H,49,54)(H,48,53,55). The summed E-state index contributed by atoms with van der Waals surface area (Å²) in [4.78, 5) is 69.8. The summed E-state index contributed by atoms with van der Waals surface area (Å²) in [5.41, 5.74) is 2.93. The molecule has 3 aromatic carbocycles. The second-order valence-corrected chi connectivity index (χ2v) is 17.9. The van der Waals surface area contributed by atoms with Crippen LogP contribution in [0.2, 0.25) is 5.02 Å². The zero-order chi connectivity index (χ0) is 41.3. The van der Waals surface area contributed by atoms with E-state index >= 15 is 0 Å². The molecule has 8 rings (SSSR count). The van der Waals surface area contributed by atoms with E-state index < -0.39 is 45.9 Å². The number of ether oxygens (including phenoxy) is 1. The largest absolute Gasteiger partial charge is 0.489 e. The van der Waals surface area contributed by atoms with Crippen LogP contribution in [0.3, 0.4) is 0 Å². The van der Waals surface area contributed by atoms with Crippen LogP contribution in [0.25, 0.3) is 0 Å². The molecule has 2 saturated heterocycles. The third-order valence-electron chi connectivity index (χ3n) is 13.0. The van der Waals surface area contributed by atoms with Gasteiger partial charge >= 0.3 is 0 Å². The summed E-state index contributed by atoms with van der Waals surface area (Å²) in [5, 5.41) is 25.5. The molecule has 1 aliphatic carbocycles. The monoisotopic (exact) mass is 801 g/mol. The molecule has 14 heteroatoms. The second-order valence-electron chi connectivity index (χ2n) is 17.5. The molecular weight excluding hydrogens is 758 g/mol. The van der Waals surface area contributed by atoms with Crippen molar-refractivity contribution < 1.29 is 28.7 Å². The fourth-order valence-corrected chi connectivity index (χ4v) is 10.3. The van der Waals surface area contributed by atoms with Crippen LogP contribution in [0.1, 0.15) is 101 Å². The molecule has 13 nitrogen and oxygen atoms in total. The van der Waals surface area contributed by atoms with Crippen LogP contribution in [0.4, 0.5) is 5.69 Å². The number of piperidine rings is 2.